The van der Waals surface area contributed by atoms with Gasteiger partial charge in [0.1, 0.15) is 5.82 Å². The van der Waals surface area contributed by atoms with E-state index in [1.165, 1.54) is 31.0 Å². The number of ether oxygens (including phenoxy) is 2. The Balaban J connectivity index is 1.63. The molecule has 2 atom stereocenters. The van der Waals surface area contributed by atoms with Crippen molar-refractivity contribution in [3.8, 4) is 0 Å². The van der Waals surface area contributed by atoms with Crippen molar-refractivity contribution in [3.05, 3.63) is 58.0 Å². The van der Waals surface area contributed by atoms with Crippen molar-refractivity contribution in [2.24, 2.45) is 4.99 Å². The van der Waals surface area contributed by atoms with Crippen LogP contribution in [0.5, 0.6) is 0 Å². The molecule has 0 saturated carbocycles. The summed E-state index contributed by atoms with van der Waals surface area (Å²) < 4.78 is 24.8. The van der Waals surface area contributed by atoms with Crippen LogP contribution < -0.4 is 5.32 Å². The molecule has 0 aliphatic carbocycles. The molecule has 1 aromatic carbocycles. The van der Waals surface area contributed by atoms with Crippen molar-refractivity contribution in [1.82, 2.24) is 10.2 Å². The lowest BCUT2D eigenvalue weighted by Crippen LogP contribution is -2.39. The van der Waals surface area contributed by atoms with E-state index in [-0.39, 0.29) is 18.4 Å². The summed E-state index contributed by atoms with van der Waals surface area (Å²) in [4.78, 5) is 32.0. The van der Waals surface area contributed by atoms with E-state index in [9.17, 15) is 14.0 Å². The number of amidine groups is 1. The summed E-state index contributed by atoms with van der Waals surface area (Å²) in [5.74, 6) is -1.06. The first-order valence-corrected chi connectivity index (χ1v) is 11.6. The number of carbonyl (C=O) groups excluding carboxylic acids is 2. The van der Waals surface area contributed by atoms with E-state index in [1.54, 1.807) is 12.1 Å². The zero-order valence-corrected chi connectivity index (χ0v) is 18.9. The topological polar surface area (TPSA) is 80.2 Å². The minimum atomic E-state index is -0.632. The highest BCUT2D eigenvalue weighted by atomic mass is 32.2. The van der Waals surface area contributed by atoms with Gasteiger partial charge in [0.2, 0.25) is 5.91 Å². The highest BCUT2D eigenvalue weighted by Gasteiger charge is 2.41. The molecule has 0 radical (unpaired) electrons. The maximum Gasteiger partial charge on any atom is 0.338 e. The summed E-state index contributed by atoms with van der Waals surface area (Å²) in [5, 5.41) is 5.46. The lowest BCUT2D eigenvalue weighted by atomic mass is 9.93. The average molecular weight is 460 g/mol. The van der Waals surface area contributed by atoms with Crippen molar-refractivity contribution in [3.63, 3.8) is 0 Å². The van der Waals surface area contributed by atoms with Gasteiger partial charge in [-0.1, -0.05) is 30.8 Å². The number of thioether (sulfide) groups is 1. The number of amides is 1. The number of hydrogen-bond acceptors (Lipinski definition) is 7. The molecule has 1 N–H and O–H groups in total. The average Bonchev–Trinajstić information content (AvgIpc) is 3.46. The van der Waals surface area contributed by atoms with Gasteiger partial charge >= 0.3 is 5.97 Å². The third-order valence-electron chi connectivity index (χ3n) is 5.69. The Bertz CT molecular complexity index is 1000. The predicted molar refractivity (Wildman–Crippen MR) is 120 cm³/mol. The molecule has 0 bridgehead atoms. The number of fused-ring (bicyclic) bond motifs is 1. The Morgan fingerprint density at radius 1 is 1.41 bits per heavy atom. The lowest BCUT2D eigenvalue weighted by Gasteiger charge is -2.36. The monoisotopic (exact) mass is 459 g/mol. The second kappa shape index (κ2) is 9.87. The van der Waals surface area contributed by atoms with E-state index < -0.39 is 17.8 Å². The van der Waals surface area contributed by atoms with Gasteiger partial charge in [-0.2, -0.15) is 0 Å². The zero-order chi connectivity index (χ0) is 22.7. The van der Waals surface area contributed by atoms with Gasteiger partial charge in [0.15, 0.2) is 5.17 Å². The van der Waals surface area contributed by atoms with Gasteiger partial charge in [-0.3, -0.25) is 4.79 Å². The number of benzene rings is 1. The molecule has 0 aromatic heterocycles. The Hall–Kier alpha value is -2.65. The minimum Gasteiger partial charge on any atom is -0.466 e. The molecule has 0 spiro atoms. The SMILES string of the molecule is CCC1=C(C(=O)OC)[C@H](c2cccc(F)c2)N2C(CC(=O)NC[C@@H]3CCCO3)=CSC2=N1. The van der Waals surface area contributed by atoms with Crippen molar-refractivity contribution in [2.45, 2.75) is 44.8 Å². The third-order valence-corrected chi connectivity index (χ3v) is 6.57. The van der Waals surface area contributed by atoms with Gasteiger partial charge in [0, 0.05) is 18.8 Å². The molecule has 4 rings (SSSR count). The summed E-state index contributed by atoms with van der Waals surface area (Å²) in [6, 6.07) is 5.51. The normalized spacial score (nSPS) is 22.4. The maximum atomic E-state index is 14.1. The van der Waals surface area contributed by atoms with Crippen LogP contribution >= 0.6 is 11.8 Å². The smallest absolute Gasteiger partial charge is 0.338 e. The van der Waals surface area contributed by atoms with E-state index in [0.29, 0.717) is 40.7 Å². The molecular formula is C23H26FN3O4S. The largest absolute Gasteiger partial charge is 0.466 e. The minimum absolute atomic E-state index is 0.0546. The number of esters is 1. The van der Waals surface area contributed by atoms with E-state index in [2.05, 4.69) is 10.3 Å². The molecule has 3 aliphatic rings. The number of halogens is 1. The third kappa shape index (κ3) is 4.59. The summed E-state index contributed by atoms with van der Waals surface area (Å²) in [7, 11) is 1.32. The van der Waals surface area contributed by atoms with Crippen molar-refractivity contribution in [2.75, 3.05) is 20.3 Å². The van der Waals surface area contributed by atoms with E-state index >= 15 is 0 Å². The second-order valence-electron chi connectivity index (χ2n) is 7.77. The highest BCUT2D eigenvalue weighted by Crippen LogP contribution is 2.45. The van der Waals surface area contributed by atoms with Crippen LogP contribution in [0.15, 0.2) is 51.6 Å². The van der Waals surface area contributed by atoms with E-state index in [0.717, 1.165) is 19.4 Å². The summed E-state index contributed by atoms with van der Waals surface area (Å²) >= 11 is 1.39. The Morgan fingerprint density at radius 2 is 2.25 bits per heavy atom. The fraction of sp³-hybridized carbons (Fsp3) is 0.435. The van der Waals surface area contributed by atoms with E-state index in [1.807, 2.05) is 17.2 Å². The van der Waals surface area contributed by atoms with E-state index in [4.69, 9.17) is 9.47 Å². The van der Waals surface area contributed by atoms with Gasteiger partial charge in [-0.15, -0.1) is 0 Å². The molecule has 1 amide bonds. The fourth-order valence-electron chi connectivity index (χ4n) is 4.16. The van der Waals surface area contributed by atoms with Gasteiger partial charge in [0.05, 0.1) is 36.9 Å². The standard InChI is InChI=1S/C23H26FN3O4S/c1-3-18-20(22(29)30-2)21(14-6-4-7-15(24)10-14)27-16(13-32-23(27)26-18)11-19(28)25-12-17-8-5-9-31-17/h4,6-7,10,13,17,21H,3,5,8-9,11-12H2,1-2H3,(H,25,28)/t17-,21-/m0/s1. The zero-order valence-electron chi connectivity index (χ0n) is 18.1. The van der Waals surface area contributed by atoms with Crippen LogP contribution in [0.4, 0.5) is 4.39 Å². The first-order valence-electron chi connectivity index (χ1n) is 10.7. The number of aliphatic imine (C=N–C) groups is 1. The first kappa shape index (κ1) is 22.5. The molecule has 170 valence electrons. The molecule has 7 nitrogen and oxygen atoms in total. The van der Waals surface area contributed by atoms with Crippen LogP contribution in [-0.2, 0) is 19.1 Å². The quantitative estimate of drug-likeness (QED) is 0.627. The number of rotatable bonds is 7. The lowest BCUT2D eigenvalue weighted by molar-refractivity contribution is -0.136. The molecule has 32 heavy (non-hydrogen) atoms. The Kier molecular flexibility index (Phi) is 6.95. The van der Waals surface area contributed by atoms with Gasteiger partial charge in [-0.05, 0) is 42.4 Å². The number of hydrogen-bond donors (Lipinski definition) is 1. The Morgan fingerprint density at radius 3 is 2.94 bits per heavy atom. The molecular weight excluding hydrogens is 433 g/mol. The molecule has 1 fully saturated rings. The van der Waals surface area contributed by atoms with Crippen molar-refractivity contribution >= 4 is 28.8 Å². The molecule has 1 saturated heterocycles. The summed E-state index contributed by atoms with van der Waals surface area (Å²) in [6.07, 6.45) is 2.63. The van der Waals surface area contributed by atoms with Crippen LogP contribution in [0.3, 0.4) is 0 Å². The maximum absolute atomic E-state index is 14.1. The van der Waals surface area contributed by atoms with Crippen molar-refractivity contribution < 1.29 is 23.5 Å². The molecule has 3 heterocycles. The van der Waals surface area contributed by atoms with Crippen molar-refractivity contribution in [1.29, 1.82) is 0 Å². The molecule has 3 aliphatic heterocycles. The molecule has 1 aromatic rings. The number of nitrogens with one attached hydrogen (secondary N) is 1. The number of allylic oxidation sites excluding steroid dienone is 1. The van der Waals surface area contributed by atoms with Crippen LogP contribution in [0.2, 0.25) is 0 Å². The summed E-state index contributed by atoms with van der Waals surface area (Å²) in [6.45, 7) is 3.11. The van der Waals surface area contributed by atoms with Gasteiger partial charge < -0.3 is 19.7 Å². The van der Waals surface area contributed by atoms with Gasteiger partial charge in [0.25, 0.3) is 0 Å². The summed E-state index contributed by atoms with van der Waals surface area (Å²) in [5.41, 5.74) is 2.25. The molecule has 9 heteroatoms. The molecule has 0 unspecified atom stereocenters. The van der Waals surface area contributed by atoms with Gasteiger partial charge in [-0.25, -0.2) is 14.2 Å². The fourth-order valence-corrected chi connectivity index (χ4v) is 5.10. The number of methoxy groups -OCH3 is 1. The predicted octanol–water partition coefficient (Wildman–Crippen LogP) is 3.65. The second-order valence-corrected chi connectivity index (χ2v) is 8.61. The van der Waals surface area contributed by atoms with Crippen LogP contribution in [-0.4, -0.2) is 48.3 Å². The number of carbonyl (C=O) groups is 2. The van der Waals surface area contributed by atoms with Crippen LogP contribution in [0.1, 0.15) is 44.2 Å². The highest BCUT2D eigenvalue weighted by molar-refractivity contribution is 8.16. The number of nitrogens with zero attached hydrogens (tertiary/aromatic N) is 2. The van der Waals surface area contributed by atoms with Crippen LogP contribution in [0, 0.1) is 5.82 Å². The van der Waals surface area contributed by atoms with Crippen LogP contribution in [0.25, 0.3) is 0 Å². The first-order chi connectivity index (χ1) is 15.5. The Labute approximate surface area is 190 Å².